The largest absolute Gasteiger partial charge is 0.511 e. The molecule has 2 aromatic carbocycles. The van der Waals surface area contributed by atoms with Gasteiger partial charge in [-0.2, -0.15) is 0 Å². The van der Waals surface area contributed by atoms with E-state index in [0.717, 1.165) is 17.2 Å². The maximum Gasteiger partial charge on any atom is 0.511 e. The Morgan fingerprint density at radius 3 is 2.46 bits per heavy atom. The van der Waals surface area contributed by atoms with Gasteiger partial charge in [-0.1, -0.05) is 30.3 Å². The Bertz CT molecular complexity index is 1180. The summed E-state index contributed by atoms with van der Waals surface area (Å²) in [4.78, 5) is 19.7. The van der Waals surface area contributed by atoms with Crippen molar-refractivity contribution < 1.29 is 19.0 Å². The summed E-state index contributed by atoms with van der Waals surface area (Å²) in [6.07, 6.45) is 1.91. The molecule has 0 amide bonds. The van der Waals surface area contributed by atoms with Crippen molar-refractivity contribution in [1.29, 1.82) is 0 Å². The van der Waals surface area contributed by atoms with E-state index in [4.69, 9.17) is 15.6 Å². The molecule has 0 fully saturated rings. The first-order valence-electron chi connectivity index (χ1n) is 8.33. The van der Waals surface area contributed by atoms with Gasteiger partial charge in [-0.3, -0.25) is 4.98 Å². The lowest BCUT2D eigenvalue weighted by Crippen LogP contribution is -2.08. The van der Waals surface area contributed by atoms with E-state index in [0.29, 0.717) is 16.8 Å². The van der Waals surface area contributed by atoms with Crippen molar-refractivity contribution in [3.05, 3.63) is 72.8 Å². The molecule has 0 saturated heterocycles. The van der Waals surface area contributed by atoms with Gasteiger partial charge in [0.05, 0.1) is 11.2 Å². The molecule has 2 aromatic heterocycles. The molecule has 0 aliphatic rings. The third-order valence-corrected chi connectivity index (χ3v) is 4.28. The Kier molecular flexibility index (Phi) is 4.33. The summed E-state index contributed by atoms with van der Waals surface area (Å²) in [6.45, 7) is 0. The highest BCUT2D eigenvalue weighted by atomic mass is 19.1. The number of ether oxygens (including phenoxy) is 1. The number of nitrogens with two attached hydrogens (primary N) is 1. The first-order chi connectivity index (χ1) is 13.5. The molecule has 0 aliphatic carbocycles. The van der Waals surface area contributed by atoms with Crippen LogP contribution in [0.5, 0.6) is 5.75 Å². The second-order valence-electron chi connectivity index (χ2n) is 6.05. The fourth-order valence-electron chi connectivity index (χ4n) is 2.99. The van der Waals surface area contributed by atoms with Crippen LogP contribution in [0.2, 0.25) is 0 Å². The van der Waals surface area contributed by atoms with Crippen LogP contribution < -0.4 is 10.5 Å². The number of hydrogen-bond donors (Lipinski definition) is 2. The first kappa shape index (κ1) is 17.4. The lowest BCUT2D eigenvalue weighted by Gasteiger charge is -2.13. The Hall–Kier alpha value is -4.00. The summed E-state index contributed by atoms with van der Waals surface area (Å²) in [6, 6.07) is 15.0. The molecule has 0 atom stereocenters. The quantitative estimate of drug-likeness (QED) is 0.502. The predicted octanol–water partition coefficient (Wildman–Crippen LogP) is 4.74. The summed E-state index contributed by atoms with van der Waals surface area (Å²) in [7, 11) is 0. The van der Waals surface area contributed by atoms with Crippen LogP contribution in [0.15, 0.2) is 67.0 Å². The molecule has 0 aliphatic heterocycles. The maximum atomic E-state index is 13.6. The van der Waals surface area contributed by atoms with Crippen molar-refractivity contribution >= 4 is 22.7 Å². The number of nitrogens with zero attached hydrogens (tertiary/aromatic N) is 2. The molecule has 0 saturated carbocycles. The molecule has 28 heavy (non-hydrogen) atoms. The molecule has 0 spiro atoms. The first-order valence-corrected chi connectivity index (χ1v) is 8.33. The Balaban J connectivity index is 1.85. The Morgan fingerprint density at radius 2 is 1.79 bits per heavy atom. The molecular weight excluding hydrogens is 361 g/mol. The molecule has 7 heteroatoms. The summed E-state index contributed by atoms with van der Waals surface area (Å²) >= 11 is 0. The van der Waals surface area contributed by atoms with E-state index in [1.54, 1.807) is 12.4 Å². The van der Waals surface area contributed by atoms with Gasteiger partial charge in [0.2, 0.25) is 0 Å². The molecule has 0 bridgehead atoms. The normalized spacial score (nSPS) is 10.8. The van der Waals surface area contributed by atoms with Crippen molar-refractivity contribution in [1.82, 2.24) is 9.97 Å². The number of carbonyl (C=O) groups is 1. The predicted molar refractivity (Wildman–Crippen MR) is 103 cm³/mol. The van der Waals surface area contributed by atoms with E-state index >= 15 is 0 Å². The average Bonchev–Trinajstić information content (AvgIpc) is 2.71. The van der Waals surface area contributed by atoms with E-state index in [9.17, 15) is 9.18 Å². The zero-order valence-corrected chi connectivity index (χ0v) is 14.5. The zero-order valence-electron chi connectivity index (χ0n) is 14.5. The number of benzene rings is 2. The summed E-state index contributed by atoms with van der Waals surface area (Å²) < 4.78 is 18.5. The Morgan fingerprint density at radius 1 is 1.04 bits per heavy atom. The van der Waals surface area contributed by atoms with Gasteiger partial charge in [0.25, 0.3) is 0 Å². The number of anilines is 1. The highest BCUT2D eigenvalue weighted by Gasteiger charge is 2.18. The molecule has 4 aromatic rings. The van der Waals surface area contributed by atoms with Gasteiger partial charge < -0.3 is 15.6 Å². The molecule has 138 valence electrons. The smallest absolute Gasteiger partial charge is 0.449 e. The van der Waals surface area contributed by atoms with Crippen LogP contribution in [0.25, 0.3) is 33.3 Å². The van der Waals surface area contributed by atoms with E-state index in [1.165, 1.54) is 12.1 Å². The van der Waals surface area contributed by atoms with E-state index in [-0.39, 0.29) is 16.8 Å². The third kappa shape index (κ3) is 3.21. The molecule has 4 rings (SSSR count). The fourth-order valence-corrected chi connectivity index (χ4v) is 2.99. The molecule has 0 radical (unpaired) electrons. The molecule has 6 nitrogen and oxygen atoms in total. The summed E-state index contributed by atoms with van der Waals surface area (Å²) in [5.41, 5.74) is 9.49. The number of carboxylic acid groups (broad SMARTS) is 1. The third-order valence-electron chi connectivity index (χ3n) is 4.28. The van der Waals surface area contributed by atoms with Crippen LogP contribution >= 0.6 is 0 Å². The zero-order chi connectivity index (χ0) is 19.7. The van der Waals surface area contributed by atoms with Crippen LogP contribution in [0, 0.1) is 5.82 Å². The van der Waals surface area contributed by atoms with Gasteiger partial charge in [0.1, 0.15) is 11.5 Å². The van der Waals surface area contributed by atoms with Gasteiger partial charge >= 0.3 is 6.16 Å². The van der Waals surface area contributed by atoms with Gasteiger partial charge in [0.15, 0.2) is 5.75 Å². The van der Waals surface area contributed by atoms with Crippen LogP contribution in [-0.4, -0.2) is 21.2 Å². The second kappa shape index (κ2) is 6.96. The van der Waals surface area contributed by atoms with Gasteiger partial charge in [-0.25, -0.2) is 14.2 Å². The molecule has 0 unspecified atom stereocenters. The van der Waals surface area contributed by atoms with Crippen molar-refractivity contribution in [2.45, 2.75) is 0 Å². The summed E-state index contributed by atoms with van der Waals surface area (Å²) in [5.74, 6) is -0.680. The average molecular weight is 375 g/mol. The van der Waals surface area contributed by atoms with Gasteiger partial charge in [-0.05, 0) is 35.4 Å². The van der Waals surface area contributed by atoms with Crippen molar-refractivity contribution in [2.24, 2.45) is 0 Å². The van der Waals surface area contributed by atoms with Crippen molar-refractivity contribution in [2.75, 3.05) is 5.73 Å². The molecular formula is C21H14FN3O3. The highest BCUT2D eigenvalue weighted by molar-refractivity contribution is 5.97. The van der Waals surface area contributed by atoms with Gasteiger partial charge in [-0.15, -0.1) is 0 Å². The Labute approximate surface area is 159 Å². The number of aromatic nitrogens is 2. The SMILES string of the molecule is Nc1c(-c2ccc(-c3cccnc3)cc2)nc2ccc(F)cc2c1OC(=O)O. The minimum Gasteiger partial charge on any atom is -0.449 e. The van der Waals surface area contributed by atoms with Gasteiger partial charge in [0, 0.05) is 23.3 Å². The number of hydrogen-bond acceptors (Lipinski definition) is 5. The van der Waals surface area contributed by atoms with E-state index in [1.807, 2.05) is 36.4 Å². The minimum atomic E-state index is -1.54. The maximum absolute atomic E-state index is 13.6. The number of halogens is 1. The van der Waals surface area contributed by atoms with E-state index < -0.39 is 12.0 Å². The number of nitrogen functional groups attached to an aromatic ring is 1. The lowest BCUT2D eigenvalue weighted by atomic mass is 10.0. The fraction of sp³-hybridized carbons (Fsp3) is 0. The van der Waals surface area contributed by atoms with Crippen LogP contribution in [0.4, 0.5) is 14.9 Å². The highest BCUT2D eigenvalue weighted by Crippen LogP contribution is 2.38. The van der Waals surface area contributed by atoms with Crippen LogP contribution in [0.1, 0.15) is 0 Å². The number of fused-ring (bicyclic) bond motifs is 1. The topological polar surface area (TPSA) is 98.3 Å². The second-order valence-corrected chi connectivity index (χ2v) is 6.05. The van der Waals surface area contributed by atoms with Crippen molar-refractivity contribution in [3.63, 3.8) is 0 Å². The minimum absolute atomic E-state index is 0.0228. The lowest BCUT2D eigenvalue weighted by molar-refractivity contribution is 0.145. The van der Waals surface area contributed by atoms with Crippen molar-refractivity contribution in [3.8, 4) is 28.1 Å². The standard InChI is InChI=1S/C21H14FN3O3/c22-15-7-8-17-16(10-15)20(28-21(26)27)18(23)19(25-17)13-5-3-12(4-6-13)14-2-1-9-24-11-14/h1-11H,23H2,(H,26,27). The monoisotopic (exact) mass is 375 g/mol. The van der Waals surface area contributed by atoms with Crippen LogP contribution in [0.3, 0.4) is 0 Å². The molecule has 3 N–H and O–H groups in total. The number of rotatable bonds is 3. The molecule has 2 heterocycles. The van der Waals surface area contributed by atoms with Crippen LogP contribution in [-0.2, 0) is 0 Å². The number of pyridine rings is 2. The van der Waals surface area contributed by atoms with E-state index in [2.05, 4.69) is 9.97 Å². The summed E-state index contributed by atoms with van der Waals surface area (Å²) in [5, 5.41) is 9.24.